The van der Waals surface area contributed by atoms with Crippen molar-refractivity contribution in [3.05, 3.63) is 59.1 Å². The van der Waals surface area contributed by atoms with Crippen molar-refractivity contribution in [1.29, 1.82) is 5.26 Å². The third-order valence-electron chi connectivity index (χ3n) is 2.83. The number of methoxy groups -OCH3 is 1. The molecule has 0 radical (unpaired) electrons. The highest BCUT2D eigenvalue weighted by Gasteiger charge is 2.10. The second-order valence-corrected chi connectivity index (χ2v) is 4.83. The largest absolute Gasteiger partial charge is 0.493 e. The summed E-state index contributed by atoms with van der Waals surface area (Å²) in [7, 11) is 1.47. The Balaban J connectivity index is 2.09. The van der Waals surface area contributed by atoms with E-state index in [2.05, 4.69) is 5.32 Å². The van der Waals surface area contributed by atoms with E-state index in [4.69, 9.17) is 26.3 Å². The molecule has 0 spiro atoms. The molecule has 0 saturated heterocycles. The van der Waals surface area contributed by atoms with E-state index in [1.54, 1.807) is 48.5 Å². The Bertz CT molecular complexity index is 764. The highest BCUT2D eigenvalue weighted by molar-refractivity contribution is 6.30. The van der Waals surface area contributed by atoms with Crippen LogP contribution in [0, 0.1) is 11.3 Å². The normalized spacial score (nSPS) is 10.1. The Hall–Kier alpha value is -2.97. The van der Waals surface area contributed by atoms with Crippen LogP contribution in [-0.4, -0.2) is 13.2 Å². The van der Waals surface area contributed by atoms with E-state index in [1.165, 1.54) is 13.2 Å². The Labute approximate surface area is 138 Å². The van der Waals surface area contributed by atoms with Gasteiger partial charge >= 0.3 is 6.09 Å². The Morgan fingerprint density at radius 2 is 1.96 bits per heavy atom. The predicted octanol–water partition coefficient (Wildman–Crippen LogP) is 4.50. The predicted molar refractivity (Wildman–Crippen MR) is 88.7 cm³/mol. The third kappa shape index (κ3) is 4.77. The van der Waals surface area contributed by atoms with E-state index in [-0.39, 0.29) is 5.75 Å². The summed E-state index contributed by atoms with van der Waals surface area (Å²) in [5, 5.41) is 11.7. The van der Waals surface area contributed by atoms with Crippen LogP contribution in [0.25, 0.3) is 6.08 Å². The van der Waals surface area contributed by atoms with Gasteiger partial charge in [-0.05, 0) is 48.0 Å². The molecular formula is C17H13ClN2O3. The molecule has 0 heterocycles. The minimum absolute atomic E-state index is 0.271. The SMILES string of the molecule is COc1cc(/C=C\C#N)ccc1OC(=O)Nc1ccc(Cl)cc1. The number of hydrogen-bond acceptors (Lipinski definition) is 4. The summed E-state index contributed by atoms with van der Waals surface area (Å²) in [5.41, 5.74) is 1.32. The average molecular weight is 329 g/mol. The number of ether oxygens (including phenoxy) is 2. The van der Waals surface area contributed by atoms with Gasteiger partial charge in [0.15, 0.2) is 11.5 Å². The second kappa shape index (κ2) is 7.87. The zero-order valence-electron chi connectivity index (χ0n) is 12.2. The minimum atomic E-state index is -0.647. The van der Waals surface area contributed by atoms with Crippen LogP contribution in [0.2, 0.25) is 5.02 Å². The quantitative estimate of drug-likeness (QED) is 0.839. The molecule has 116 valence electrons. The van der Waals surface area contributed by atoms with Crippen molar-refractivity contribution in [3.63, 3.8) is 0 Å². The van der Waals surface area contributed by atoms with Gasteiger partial charge in [-0.3, -0.25) is 5.32 Å². The molecule has 2 aromatic rings. The van der Waals surface area contributed by atoms with Crippen molar-refractivity contribution >= 4 is 29.5 Å². The second-order valence-electron chi connectivity index (χ2n) is 4.39. The van der Waals surface area contributed by atoms with Gasteiger partial charge in [0.1, 0.15) is 0 Å². The van der Waals surface area contributed by atoms with Crippen LogP contribution in [-0.2, 0) is 0 Å². The first-order valence-electron chi connectivity index (χ1n) is 6.61. The molecule has 0 aliphatic rings. The number of carbonyl (C=O) groups is 1. The van der Waals surface area contributed by atoms with Gasteiger partial charge in [0.05, 0.1) is 13.2 Å². The number of allylic oxidation sites excluding steroid dienone is 1. The molecular weight excluding hydrogens is 316 g/mol. The monoisotopic (exact) mass is 328 g/mol. The number of anilines is 1. The van der Waals surface area contributed by atoms with Crippen molar-refractivity contribution in [3.8, 4) is 17.6 Å². The van der Waals surface area contributed by atoms with E-state index < -0.39 is 6.09 Å². The maximum absolute atomic E-state index is 11.9. The highest BCUT2D eigenvalue weighted by Crippen LogP contribution is 2.29. The fraction of sp³-hybridized carbons (Fsp3) is 0.0588. The Kier molecular flexibility index (Phi) is 5.61. The minimum Gasteiger partial charge on any atom is -0.493 e. The van der Waals surface area contributed by atoms with Crippen LogP contribution < -0.4 is 14.8 Å². The molecule has 0 aromatic heterocycles. The van der Waals surface area contributed by atoms with Gasteiger partial charge in [-0.25, -0.2) is 4.79 Å². The van der Waals surface area contributed by atoms with Gasteiger partial charge < -0.3 is 9.47 Å². The van der Waals surface area contributed by atoms with Crippen molar-refractivity contribution < 1.29 is 14.3 Å². The number of halogens is 1. The lowest BCUT2D eigenvalue weighted by Gasteiger charge is -2.11. The van der Waals surface area contributed by atoms with Crippen molar-refractivity contribution in [2.24, 2.45) is 0 Å². The molecule has 0 aliphatic heterocycles. The number of nitrogens with one attached hydrogen (secondary N) is 1. The topological polar surface area (TPSA) is 71.3 Å². The summed E-state index contributed by atoms with van der Waals surface area (Å²) in [4.78, 5) is 11.9. The first kappa shape index (κ1) is 16.4. The summed E-state index contributed by atoms with van der Waals surface area (Å²) >= 11 is 5.78. The highest BCUT2D eigenvalue weighted by atomic mass is 35.5. The zero-order valence-corrected chi connectivity index (χ0v) is 13.0. The number of nitrogens with zero attached hydrogens (tertiary/aromatic N) is 1. The zero-order chi connectivity index (χ0) is 16.7. The summed E-state index contributed by atoms with van der Waals surface area (Å²) in [6.45, 7) is 0. The molecule has 6 heteroatoms. The van der Waals surface area contributed by atoms with Crippen LogP contribution in [0.5, 0.6) is 11.5 Å². The van der Waals surface area contributed by atoms with Gasteiger partial charge in [-0.2, -0.15) is 5.26 Å². The lowest BCUT2D eigenvalue weighted by molar-refractivity contribution is 0.213. The molecule has 0 bridgehead atoms. The first-order valence-corrected chi connectivity index (χ1v) is 6.99. The van der Waals surface area contributed by atoms with Crippen LogP contribution in [0.4, 0.5) is 10.5 Å². The molecule has 2 aromatic carbocycles. The maximum atomic E-state index is 11.9. The fourth-order valence-corrected chi connectivity index (χ4v) is 1.91. The summed E-state index contributed by atoms with van der Waals surface area (Å²) in [5.74, 6) is 0.657. The molecule has 1 amide bonds. The van der Waals surface area contributed by atoms with Crippen LogP contribution >= 0.6 is 11.6 Å². The third-order valence-corrected chi connectivity index (χ3v) is 3.08. The Morgan fingerprint density at radius 1 is 1.22 bits per heavy atom. The fourth-order valence-electron chi connectivity index (χ4n) is 1.78. The molecule has 5 nitrogen and oxygen atoms in total. The number of hydrogen-bond donors (Lipinski definition) is 1. The Morgan fingerprint density at radius 3 is 2.61 bits per heavy atom. The number of rotatable bonds is 4. The molecule has 0 saturated carbocycles. The number of amides is 1. The molecule has 0 unspecified atom stereocenters. The standard InChI is InChI=1S/C17H13ClN2O3/c1-22-16-11-12(3-2-10-19)4-9-15(16)23-17(21)20-14-7-5-13(18)6-8-14/h2-9,11H,1H3,(H,20,21)/b3-2-. The van der Waals surface area contributed by atoms with Gasteiger partial charge in [0.2, 0.25) is 0 Å². The van der Waals surface area contributed by atoms with E-state index in [0.29, 0.717) is 16.5 Å². The molecule has 2 rings (SSSR count). The van der Waals surface area contributed by atoms with Crippen molar-refractivity contribution in [2.75, 3.05) is 12.4 Å². The van der Waals surface area contributed by atoms with Crippen molar-refractivity contribution in [2.45, 2.75) is 0 Å². The van der Waals surface area contributed by atoms with Crippen molar-refractivity contribution in [1.82, 2.24) is 0 Å². The molecule has 0 aliphatic carbocycles. The van der Waals surface area contributed by atoms with E-state index >= 15 is 0 Å². The van der Waals surface area contributed by atoms with Gasteiger partial charge in [0.25, 0.3) is 0 Å². The van der Waals surface area contributed by atoms with Crippen LogP contribution in [0.3, 0.4) is 0 Å². The number of nitriles is 1. The van der Waals surface area contributed by atoms with Crippen LogP contribution in [0.15, 0.2) is 48.5 Å². The first-order chi connectivity index (χ1) is 11.1. The number of carbonyl (C=O) groups excluding carboxylic acids is 1. The maximum Gasteiger partial charge on any atom is 0.417 e. The van der Waals surface area contributed by atoms with Gasteiger partial charge in [-0.15, -0.1) is 0 Å². The van der Waals surface area contributed by atoms with E-state index in [0.717, 1.165) is 5.56 Å². The number of benzene rings is 2. The smallest absolute Gasteiger partial charge is 0.417 e. The molecule has 23 heavy (non-hydrogen) atoms. The summed E-state index contributed by atoms with van der Waals surface area (Å²) < 4.78 is 10.4. The lowest BCUT2D eigenvalue weighted by atomic mass is 10.2. The molecule has 1 N–H and O–H groups in total. The van der Waals surface area contributed by atoms with Gasteiger partial charge in [0, 0.05) is 16.8 Å². The summed E-state index contributed by atoms with van der Waals surface area (Å²) in [6, 6.07) is 13.5. The molecule has 0 atom stereocenters. The average Bonchev–Trinajstić information content (AvgIpc) is 2.56. The molecule has 0 fully saturated rings. The lowest BCUT2D eigenvalue weighted by Crippen LogP contribution is -2.17. The van der Waals surface area contributed by atoms with Crippen LogP contribution in [0.1, 0.15) is 5.56 Å². The van der Waals surface area contributed by atoms with E-state index in [9.17, 15) is 4.79 Å². The van der Waals surface area contributed by atoms with E-state index in [1.807, 2.05) is 6.07 Å². The summed E-state index contributed by atoms with van der Waals surface area (Å²) in [6.07, 6.45) is 2.33. The van der Waals surface area contributed by atoms with Gasteiger partial charge in [-0.1, -0.05) is 17.7 Å².